The third-order valence-corrected chi connectivity index (χ3v) is 4.70. The molecule has 0 heterocycles. The summed E-state index contributed by atoms with van der Waals surface area (Å²) in [4.78, 5) is 1.28. The second kappa shape index (κ2) is 8.47. The van der Waals surface area contributed by atoms with Crippen molar-refractivity contribution >= 4 is 27.7 Å². The van der Waals surface area contributed by atoms with Crippen molar-refractivity contribution in [3.63, 3.8) is 0 Å². The normalized spacial score (nSPS) is 12.1. The van der Waals surface area contributed by atoms with Gasteiger partial charge in [0, 0.05) is 26.7 Å². The van der Waals surface area contributed by atoms with Gasteiger partial charge in [0.15, 0.2) is 0 Å². The summed E-state index contributed by atoms with van der Waals surface area (Å²) in [6, 6.07) is 16.9. The lowest BCUT2D eigenvalue weighted by molar-refractivity contribution is 0.336. The second-order valence-electron chi connectivity index (χ2n) is 4.70. The van der Waals surface area contributed by atoms with Crippen LogP contribution in [0.15, 0.2) is 57.9 Å². The highest BCUT2D eigenvalue weighted by Crippen LogP contribution is 2.29. The Balaban J connectivity index is 1.91. The third kappa shape index (κ3) is 5.06. The molecule has 0 aromatic heterocycles. The highest BCUT2D eigenvalue weighted by atomic mass is 79.9. The van der Waals surface area contributed by atoms with Gasteiger partial charge < -0.3 is 10.1 Å². The molecule has 0 amide bonds. The molecule has 4 heteroatoms. The summed E-state index contributed by atoms with van der Waals surface area (Å²) < 4.78 is 7.01. The molecule has 0 spiro atoms. The van der Waals surface area contributed by atoms with Gasteiger partial charge in [-0.25, -0.2) is 0 Å². The van der Waals surface area contributed by atoms with Crippen LogP contribution in [0.3, 0.4) is 0 Å². The smallest absolute Gasteiger partial charge is 0.125 e. The summed E-state index contributed by atoms with van der Waals surface area (Å²) >= 11 is 5.32. The van der Waals surface area contributed by atoms with E-state index in [-0.39, 0.29) is 6.04 Å². The first kappa shape index (κ1) is 16.4. The summed E-state index contributed by atoms with van der Waals surface area (Å²) in [5.41, 5.74) is 1.19. The van der Waals surface area contributed by atoms with E-state index < -0.39 is 0 Å². The van der Waals surface area contributed by atoms with Crippen molar-refractivity contribution in [1.82, 2.24) is 5.32 Å². The monoisotopic (exact) mass is 365 g/mol. The largest absolute Gasteiger partial charge is 0.492 e. The zero-order valence-corrected chi connectivity index (χ0v) is 14.7. The molecular weight excluding hydrogens is 346 g/mol. The Bertz CT molecular complexity index is 562. The number of halogens is 1. The second-order valence-corrected chi connectivity index (χ2v) is 6.79. The van der Waals surface area contributed by atoms with Crippen LogP contribution >= 0.6 is 27.7 Å². The zero-order valence-electron chi connectivity index (χ0n) is 12.3. The molecule has 2 nitrogen and oxygen atoms in total. The number of nitrogens with one attached hydrogen (secondary N) is 1. The van der Waals surface area contributed by atoms with Crippen LogP contribution in [0, 0.1) is 0 Å². The maximum absolute atomic E-state index is 5.97. The third-order valence-electron chi connectivity index (χ3n) is 3.23. The molecule has 1 unspecified atom stereocenters. The first-order valence-electron chi connectivity index (χ1n) is 6.98. The van der Waals surface area contributed by atoms with Gasteiger partial charge in [-0.1, -0.05) is 40.2 Å². The van der Waals surface area contributed by atoms with Gasteiger partial charge in [0.2, 0.25) is 0 Å². The van der Waals surface area contributed by atoms with E-state index in [4.69, 9.17) is 4.74 Å². The lowest BCUT2D eigenvalue weighted by Gasteiger charge is -2.17. The summed E-state index contributed by atoms with van der Waals surface area (Å²) in [6.45, 7) is 2.83. The molecule has 0 aliphatic rings. The summed E-state index contributed by atoms with van der Waals surface area (Å²) in [7, 11) is 1.96. The van der Waals surface area contributed by atoms with E-state index in [1.54, 1.807) is 0 Å². The van der Waals surface area contributed by atoms with Crippen molar-refractivity contribution < 1.29 is 4.74 Å². The number of ether oxygens (including phenoxy) is 1. The first-order valence-corrected chi connectivity index (χ1v) is 8.76. The van der Waals surface area contributed by atoms with Crippen LogP contribution in [-0.4, -0.2) is 19.4 Å². The summed E-state index contributed by atoms with van der Waals surface area (Å²) in [6.07, 6.45) is 0. The van der Waals surface area contributed by atoms with Gasteiger partial charge in [-0.2, -0.15) is 0 Å². The molecule has 0 saturated carbocycles. The fourth-order valence-corrected chi connectivity index (χ4v) is 3.07. The van der Waals surface area contributed by atoms with Gasteiger partial charge >= 0.3 is 0 Å². The molecule has 0 bridgehead atoms. The average Bonchev–Trinajstić information content (AvgIpc) is 2.52. The van der Waals surface area contributed by atoms with E-state index in [0.717, 1.165) is 16.0 Å². The van der Waals surface area contributed by atoms with Crippen molar-refractivity contribution in [2.24, 2.45) is 0 Å². The number of thioether (sulfide) groups is 1. The predicted molar refractivity (Wildman–Crippen MR) is 94.3 cm³/mol. The summed E-state index contributed by atoms with van der Waals surface area (Å²) in [5.74, 6) is 1.88. The molecule has 112 valence electrons. The minimum atomic E-state index is 0.273. The Morgan fingerprint density at radius 2 is 1.95 bits per heavy atom. The molecule has 0 aliphatic heterocycles. The molecule has 0 saturated heterocycles. The molecule has 1 N–H and O–H groups in total. The fourth-order valence-electron chi connectivity index (χ4n) is 1.97. The van der Waals surface area contributed by atoms with Crippen LogP contribution in [0.4, 0.5) is 0 Å². The zero-order chi connectivity index (χ0) is 15.1. The van der Waals surface area contributed by atoms with E-state index in [0.29, 0.717) is 6.61 Å². The molecule has 2 aromatic rings. The topological polar surface area (TPSA) is 21.3 Å². The van der Waals surface area contributed by atoms with Crippen LogP contribution in [0.5, 0.6) is 5.75 Å². The number of rotatable bonds is 7. The van der Waals surface area contributed by atoms with Crippen LogP contribution in [0.1, 0.15) is 18.5 Å². The molecule has 0 radical (unpaired) electrons. The number of hydrogen-bond acceptors (Lipinski definition) is 3. The number of benzene rings is 2. The van der Waals surface area contributed by atoms with Gasteiger partial charge in [-0.15, -0.1) is 11.8 Å². The Labute approximate surface area is 139 Å². The standard InChI is InChI=1S/C17H20BrNOS/c1-13(19-2)16-9-8-14(18)12-17(16)20-10-11-21-15-6-4-3-5-7-15/h3-9,12-13,19H,10-11H2,1-2H3. The molecule has 21 heavy (non-hydrogen) atoms. The van der Waals surface area contributed by atoms with Gasteiger partial charge in [0.1, 0.15) is 5.75 Å². The number of hydrogen-bond donors (Lipinski definition) is 1. The maximum Gasteiger partial charge on any atom is 0.125 e. The highest BCUT2D eigenvalue weighted by molar-refractivity contribution is 9.10. The van der Waals surface area contributed by atoms with Gasteiger partial charge in [0.05, 0.1) is 6.61 Å². The van der Waals surface area contributed by atoms with Crippen LogP contribution in [0.25, 0.3) is 0 Å². The van der Waals surface area contributed by atoms with Crippen molar-refractivity contribution in [3.05, 3.63) is 58.6 Å². The van der Waals surface area contributed by atoms with E-state index in [1.165, 1.54) is 10.5 Å². The van der Waals surface area contributed by atoms with Crippen molar-refractivity contribution in [1.29, 1.82) is 0 Å². The maximum atomic E-state index is 5.97. The van der Waals surface area contributed by atoms with Gasteiger partial charge in [0.25, 0.3) is 0 Å². The quantitative estimate of drug-likeness (QED) is 0.556. The van der Waals surface area contributed by atoms with Gasteiger partial charge in [-0.3, -0.25) is 0 Å². The Morgan fingerprint density at radius 1 is 1.19 bits per heavy atom. The molecule has 2 aromatic carbocycles. The lowest BCUT2D eigenvalue weighted by atomic mass is 10.1. The van der Waals surface area contributed by atoms with Crippen molar-refractivity contribution in [2.75, 3.05) is 19.4 Å². The first-order chi connectivity index (χ1) is 10.2. The summed E-state index contributed by atoms with van der Waals surface area (Å²) in [5, 5.41) is 3.26. The fraction of sp³-hybridized carbons (Fsp3) is 0.294. The van der Waals surface area contributed by atoms with E-state index in [1.807, 2.05) is 30.9 Å². The molecular formula is C17H20BrNOS. The lowest BCUT2D eigenvalue weighted by Crippen LogP contribution is -2.14. The van der Waals surface area contributed by atoms with Gasteiger partial charge in [-0.05, 0) is 38.2 Å². The van der Waals surface area contributed by atoms with Crippen LogP contribution in [0.2, 0.25) is 0 Å². The Morgan fingerprint density at radius 3 is 2.67 bits per heavy atom. The Hall–Kier alpha value is -0.970. The molecule has 0 fully saturated rings. The molecule has 1 atom stereocenters. The van der Waals surface area contributed by atoms with E-state index in [9.17, 15) is 0 Å². The van der Waals surface area contributed by atoms with Crippen LogP contribution < -0.4 is 10.1 Å². The van der Waals surface area contributed by atoms with Crippen molar-refractivity contribution in [3.8, 4) is 5.75 Å². The minimum Gasteiger partial charge on any atom is -0.492 e. The predicted octanol–water partition coefficient (Wildman–Crippen LogP) is 4.90. The average molecular weight is 366 g/mol. The highest BCUT2D eigenvalue weighted by Gasteiger charge is 2.10. The SMILES string of the molecule is CNC(C)c1ccc(Br)cc1OCCSc1ccccc1. The van der Waals surface area contributed by atoms with E-state index >= 15 is 0 Å². The van der Waals surface area contributed by atoms with Crippen LogP contribution in [-0.2, 0) is 0 Å². The Kier molecular flexibility index (Phi) is 6.61. The minimum absolute atomic E-state index is 0.273. The van der Waals surface area contributed by atoms with Crippen molar-refractivity contribution in [2.45, 2.75) is 17.9 Å². The van der Waals surface area contributed by atoms with E-state index in [2.05, 4.69) is 64.6 Å². The molecule has 2 rings (SSSR count). The molecule has 0 aliphatic carbocycles.